The monoisotopic (exact) mass is 622 g/mol. The molecule has 1 aliphatic carbocycles. The van der Waals surface area contributed by atoms with Gasteiger partial charge in [-0.1, -0.05) is 166 Å². The van der Waals surface area contributed by atoms with E-state index in [0.717, 1.165) is 0 Å². The highest BCUT2D eigenvalue weighted by atomic mass is 14.4. The summed E-state index contributed by atoms with van der Waals surface area (Å²) in [4.78, 5) is 0. The molecule has 49 heavy (non-hydrogen) atoms. The highest BCUT2D eigenvalue weighted by molar-refractivity contribution is 6.22. The van der Waals surface area contributed by atoms with E-state index in [1.807, 2.05) is 0 Å². The van der Waals surface area contributed by atoms with E-state index < -0.39 is 0 Å². The van der Waals surface area contributed by atoms with Gasteiger partial charge in [0.25, 0.3) is 0 Å². The van der Waals surface area contributed by atoms with Gasteiger partial charge in [0.1, 0.15) is 0 Å². The van der Waals surface area contributed by atoms with Crippen molar-refractivity contribution in [2.45, 2.75) is 19.3 Å². The maximum atomic E-state index is 2.47. The molecule has 10 rings (SSSR count). The zero-order valence-corrected chi connectivity index (χ0v) is 27.7. The fourth-order valence-electron chi connectivity index (χ4n) is 8.74. The first-order chi connectivity index (χ1) is 24.1. The Kier molecular flexibility index (Phi) is 6.02. The van der Waals surface area contributed by atoms with Crippen molar-refractivity contribution in [1.82, 2.24) is 0 Å². The lowest BCUT2D eigenvalue weighted by molar-refractivity contribution is 0.661. The molecule has 0 nitrogen and oxygen atoms in total. The summed E-state index contributed by atoms with van der Waals surface area (Å²) >= 11 is 0. The van der Waals surface area contributed by atoms with Crippen molar-refractivity contribution < 1.29 is 0 Å². The van der Waals surface area contributed by atoms with Crippen LogP contribution in [-0.2, 0) is 5.41 Å². The quantitative estimate of drug-likeness (QED) is 0.172. The summed E-state index contributed by atoms with van der Waals surface area (Å²) in [5.74, 6) is 0. The van der Waals surface area contributed by atoms with Crippen LogP contribution in [0.25, 0.3) is 87.6 Å². The highest BCUT2D eigenvalue weighted by Gasteiger charge is 2.36. The first kappa shape index (κ1) is 28.1. The molecule has 0 spiro atoms. The Balaban J connectivity index is 1.27. The fraction of sp³-hybridized carbons (Fsp3) is 0.0612. The SMILES string of the molecule is CC1(C)c2ccc(-c3cc(-c4c5ccccc5c(-c5ccccc5)c5ccccc45)cc4ccccc34)cc2-c2c1ccc1ccccc21. The van der Waals surface area contributed by atoms with Gasteiger partial charge in [-0.15, -0.1) is 0 Å². The van der Waals surface area contributed by atoms with E-state index in [2.05, 4.69) is 184 Å². The summed E-state index contributed by atoms with van der Waals surface area (Å²) < 4.78 is 0. The largest absolute Gasteiger partial charge is 0.0622 e. The number of hydrogen-bond acceptors (Lipinski definition) is 0. The molecule has 0 amide bonds. The van der Waals surface area contributed by atoms with Crippen molar-refractivity contribution in [3.8, 4) is 44.5 Å². The summed E-state index contributed by atoms with van der Waals surface area (Å²) in [5.41, 5.74) is 13.1. The molecule has 0 heteroatoms. The molecule has 0 atom stereocenters. The molecule has 0 radical (unpaired) electrons. The van der Waals surface area contributed by atoms with Gasteiger partial charge in [0.2, 0.25) is 0 Å². The van der Waals surface area contributed by atoms with Gasteiger partial charge >= 0.3 is 0 Å². The molecular formula is C49H34. The zero-order valence-electron chi connectivity index (χ0n) is 27.7. The minimum absolute atomic E-state index is 0.0600. The molecule has 0 heterocycles. The van der Waals surface area contributed by atoms with Crippen LogP contribution in [0.4, 0.5) is 0 Å². The normalized spacial score (nSPS) is 13.3. The zero-order chi connectivity index (χ0) is 32.7. The molecule has 9 aromatic rings. The smallest absolute Gasteiger partial charge is 0.0159 e. The van der Waals surface area contributed by atoms with Crippen molar-refractivity contribution in [1.29, 1.82) is 0 Å². The second-order valence-corrected chi connectivity index (χ2v) is 14.0. The molecular weight excluding hydrogens is 589 g/mol. The molecule has 0 saturated heterocycles. The highest BCUT2D eigenvalue weighted by Crippen LogP contribution is 2.53. The van der Waals surface area contributed by atoms with E-state index in [-0.39, 0.29) is 5.41 Å². The van der Waals surface area contributed by atoms with Crippen LogP contribution in [-0.4, -0.2) is 0 Å². The Morgan fingerprint density at radius 2 is 0.816 bits per heavy atom. The number of hydrogen-bond donors (Lipinski definition) is 0. The van der Waals surface area contributed by atoms with Gasteiger partial charge in [-0.05, 0) is 117 Å². The van der Waals surface area contributed by atoms with Crippen LogP contribution >= 0.6 is 0 Å². The molecule has 1 aliphatic rings. The third-order valence-corrected chi connectivity index (χ3v) is 11.0. The van der Waals surface area contributed by atoms with Gasteiger partial charge in [-0.2, -0.15) is 0 Å². The van der Waals surface area contributed by atoms with Crippen LogP contribution in [0.15, 0.2) is 170 Å². The van der Waals surface area contributed by atoms with Crippen molar-refractivity contribution in [3.05, 3.63) is 181 Å². The summed E-state index contributed by atoms with van der Waals surface area (Å²) in [6.45, 7) is 4.74. The van der Waals surface area contributed by atoms with E-state index in [9.17, 15) is 0 Å². The summed E-state index contributed by atoms with van der Waals surface area (Å²) in [5, 5.41) is 10.3. The van der Waals surface area contributed by atoms with Gasteiger partial charge in [-0.3, -0.25) is 0 Å². The first-order valence-corrected chi connectivity index (χ1v) is 17.3. The lowest BCUT2D eigenvalue weighted by Gasteiger charge is -2.22. The van der Waals surface area contributed by atoms with Crippen LogP contribution < -0.4 is 0 Å². The Morgan fingerprint density at radius 3 is 1.49 bits per heavy atom. The van der Waals surface area contributed by atoms with Gasteiger partial charge in [-0.25, -0.2) is 0 Å². The summed E-state index contributed by atoms with van der Waals surface area (Å²) in [6, 6.07) is 63.2. The lowest BCUT2D eigenvalue weighted by atomic mass is 9.81. The molecule has 0 saturated carbocycles. The standard InChI is InChI=1S/C49H34/c1-49(2)44-26-25-34(29-43(44)48-37-19-9-6-14-31(37)24-27-45(48)49)42-30-35(28-33-17-7-8-18-36(33)42)47-40-22-12-10-20-38(40)46(32-15-4-3-5-16-32)39-21-11-13-23-41(39)47/h3-30H,1-2H3. The van der Waals surface area contributed by atoms with Gasteiger partial charge in [0, 0.05) is 5.41 Å². The van der Waals surface area contributed by atoms with E-state index in [1.165, 1.54) is 98.7 Å². The van der Waals surface area contributed by atoms with Crippen molar-refractivity contribution >= 4 is 43.1 Å². The maximum absolute atomic E-state index is 2.47. The predicted octanol–water partition coefficient (Wildman–Crippen LogP) is 13.6. The topological polar surface area (TPSA) is 0 Å². The van der Waals surface area contributed by atoms with E-state index in [4.69, 9.17) is 0 Å². The second-order valence-electron chi connectivity index (χ2n) is 14.0. The number of fused-ring (bicyclic) bond motifs is 8. The molecule has 0 aromatic heterocycles. The fourth-order valence-corrected chi connectivity index (χ4v) is 8.74. The molecule has 0 fully saturated rings. The number of benzene rings is 9. The Labute approximate surface area is 286 Å². The summed E-state index contributed by atoms with van der Waals surface area (Å²) in [7, 11) is 0. The van der Waals surface area contributed by atoms with Gasteiger partial charge in [0.15, 0.2) is 0 Å². The van der Waals surface area contributed by atoms with Crippen LogP contribution in [0, 0.1) is 0 Å². The molecule has 9 aromatic carbocycles. The van der Waals surface area contributed by atoms with E-state index >= 15 is 0 Å². The molecule has 230 valence electrons. The first-order valence-electron chi connectivity index (χ1n) is 17.3. The van der Waals surface area contributed by atoms with Crippen molar-refractivity contribution in [3.63, 3.8) is 0 Å². The summed E-state index contributed by atoms with van der Waals surface area (Å²) in [6.07, 6.45) is 0. The van der Waals surface area contributed by atoms with Crippen LogP contribution in [0.2, 0.25) is 0 Å². The molecule has 0 unspecified atom stereocenters. The minimum Gasteiger partial charge on any atom is -0.0622 e. The van der Waals surface area contributed by atoms with Crippen molar-refractivity contribution in [2.24, 2.45) is 0 Å². The average molecular weight is 623 g/mol. The lowest BCUT2D eigenvalue weighted by Crippen LogP contribution is -2.14. The van der Waals surface area contributed by atoms with Crippen LogP contribution in [0.3, 0.4) is 0 Å². The maximum Gasteiger partial charge on any atom is 0.0159 e. The third-order valence-electron chi connectivity index (χ3n) is 11.0. The average Bonchev–Trinajstić information content (AvgIpc) is 3.39. The Hall–Kier alpha value is -5.98. The second kappa shape index (κ2) is 10.5. The van der Waals surface area contributed by atoms with Crippen molar-refractivity contribution in [2.75, 3.05) is 0 Å². The molecule has 0 N–H and O–H groups in total. The molecule has 0 aliphatic heterocycles. The van der Waals surface area contributed by atoms with Crippen LogP contribution in [0.1, 0.15) is 25.0 Å². The predicted molar refractivity (Wildman–Crippen MR) is 210 cm³/mol. The van der Waals surface area contributed by atoms with E-state index in [1.54, 1.807) is 0 Å². The van der Waals surface area contributed by atoms with Crippen LogP contribution in [0.5, 0.6) is 0 Å². The molecule has 0 bridgehead atoms. The third kappa shape index (κ3) is 4.11. The minimum atomic E-state index is -0.0600. The Morgan fingerprint density at radius 1 is 0.306 bits per heavy atom. The number of rotatable bonds is 3. The van der Waals surface area contributed by atoms with Gasteiger partial charge in [0.05, 0.1) is 0 Å². The van der Waals surface area contributed by atoms with E-state index in [0.29, 0.717) is 0 Å². The Bertz CT molecular complexity index is 2720. The van der Waals surface area contributed by atoms with Gasteiger partial charge < -0.3 is 0 Å².